The highest BCUT2D eigenvalue weighted by molar-refractivity contribution is 5.78. The van der Waals surface area contributed by atoms with Gasteiger partial charge in [0.15, 0.2) is 0 Å². The molecule has 0 saturated carbocycles. The number of hydrogen-bond acceptors (Lipinski definition) is 3. The normalized spacial score (nSPS) is 21.5. The van der Waals surface area contributed by atoms with E-state index in [0.717, 1.165) is 64.2 Å². The summed E-state index contributed by atoms with van der Waals surface area (Å²) in [5.74, 6) is 1.02. The maximum atomic E-state index is 12.5. The average Bonchev–Trinajstić information content (AvgIpc) is 2.58. The SMILES string of the molecule is NC1CCN(CC(=O)N2CCC(Cc3ccccc3)CC2)CC1. The smallest absolute Gasteiger partial charge is 0.236 e. The lowest BCUT2D eigenvalue weighted by Gasteiger charge is -2.35. The number of amides is 1. The number of piperidine rings is 2. The van der Waals surface area contributed by atoms with E-state index in [-0.39, 0.29) is 0 Å². The van der Waals surface area contributed by atoms with Crippen LogP contribution in [0.25, 0.3) is 0 Å². The Morgan fingerprint density at radius 1 is 1.00 bits per heavy atom. The Balaban J connectivity index is 1.40. The molecular formula is C19H29N3O. The van der Waals surface area contributed by atoms with Crippen LogP contribution in [-0.4, -0.2) is 54.5 Å². The minimum atomic E-state index is 0.304. The Morgan fingerprint density at radius 2 is 1.65 bits per heavy atom. The number of hydrogen-bond donors (Lipinski definition) is 1. The van der Waals surface area contributed by atoms with Crippen LogP contribution in [0.15, 0.2) is 30.3 Å². The second-order valence-corrected chi connectivity index (χ2v) is 7.13. The number of rotatable bonds is 4. The first-order chi connectivity index (χ1) is 11.2. The van der Waals surface area contributed by atoms with Gasteiger partial charge in [-0.2, -0.15) is 0 Å². The fourth-order valence-electron chi connectivity index (χ4n) is 3.74. The molecule has 3 rings (SSSR count). The highest BCUT2D eigenvalue weighted by Gasteiger charge is 2.25. The third kappa shape index (κ3) is 4.79. The zero-order valence-corrected chi connectivity index (χ0v) is 14.0. The molecule has 23 heavy (non-hydrogen) atoms. The molecule has 0 radical (unpaired) electrons. The number of likely N-dealkylation sites (tertiary alicyclic amines) is 2. The van der Waals surface area contributed by atoms with Gasteiger partial charge in [-0.05, 0) is 43.6 Å². The molecular weight excluding hydrogens is 286 g/mol. The van der Waals surface area contributed by atoms with Crippen LogP contribution in [0.4, 0.5) is 0 Å². The van der Waals surface area contributed by atoms with Gasteiger partial charge in [-0.25, -0.2) is 0 Å². The first-order valence-electron chi connectivity index (χ1n) is 9.00. The number of carbonyl (C=O) groups is 1. The summed E-state index contributed by atoms with van der Waals surface area (Å²) in [6.07, 6.45) is 5.45. The lowest BCUT2D eigenvalue weighted by atomic mass is 9.90. The van der Waals surface area contributed by atoms with Crippen molar-refractivity contribution in [2.24, 2.45) is 11.7 Å². The Kier molecular flexibility index (Phi) is 5.68. The molecule has 1 aromatic rings. The summed E-state index contributed by atoms with van der Waals surface area (Å²) in [6, 6.07) is 11.0. The van der Waals surface area contributed by atoms with E-state index in [4.69, 9.17) is 5.73 Å². The van der Waals surface area contributed by atoms with Gasteiger partial charge >= 0.3 is 0 Å². The highest BCUT2D eigenvalue weighted by atomic mass is 16.2. The van der Waals surface area contributed by atoms with Crippen LogP contribution in [0, 0.1) is 5.92 Å². The molecule has 4 nitrogen and oxygen atoms in total. The van der Waals surface area contributed by atoms with E-state index < -0.39 is 0 Å². The molecule has 4 heteroatoms. The molecule has 2 heterocycles. The number of nitrogens with two attached hydrogens (primary N) is 1. The fourth-order valence-corrected chi connectivity index (χ4v) is 3.74. The minimum absolute atomic E-state index is 0.304. The Labute approximate surface area is 139 Å². The monoisotopic (exact) mass is 315 g/mol. The van der Waals surface area contributed by atoms with Gasteiger partial charge in [0.05, 0.1) is 6.54 Å². The van der Waals surface area contributed by atoms with Crippen LogP contribution in [0.5, 0.6) is 0 Å². The topological polar surface area (TPSA) is 49.6 Å². The van der Waals surface area contributed by atoms with Crippen LogP contribution >= 0.6 is 0 Å². The van der Waals surface area contributed by atoms with E-state index >= 15 is 0 Å². The van der Waals surface area contributed by atoms with E-state index in [1.807, 2.05) is 0 Å². The molecule has 0 unspecified atom stereocenters. The standard InChI is InChI=1S/C19H29N3O/c20-18-8-10-21(11-9-18)15-19(23)22-12-6-17(7-13-22)14-16-4-2-1-3-5-16/h1-5,17-18H,6-15,20H2. The number of benzene rings is 1. The lowest BCUT2D eigenvalue weighted by Crippen LogP contribution is -2.47. The molecule has 0 aliphatic carbocycles. The van der Waals surface area contributed by atoms with Crippen molar-refractivity contribution >= 4 is 5.91 Å². The average molecular weight is 315 g/mol. The summed E-state index contributed by atoms with van der Waals surface area (Å²) in [4.78, 5) is 16.8. The van der Waals surface area contributed by atoms with Crippen LogP contribution in [0.2, 0.25) is 0 Å². The second kappa shape index (κ2) is 7.93. The van der Waals surface area contributed by atoms with E-state index in [2.05, 4.69) is 40.1 Å². The van der Waals surface area contributed by atoms with Crippen molar-refractivity contribution in [1.29, 1.82) is 0 Å². The predicted octanol–water partition coefficient (Wildman–Crippen LogP) is 1.89. The second-order valence-electron chi connectivity index (χ2n) is 7.13. The molecule has 1 amide bonds. The van der Waals surface area contributed by atoms with Gasteiger partial charge < -0.3 is 10.6 Å². The Bertz CT molecular complexity index is 489. The Hall–Kier alpha value is -1.39. The molecule has 2 fully saturated rings. The minimum Gasteiger partial charge on any atom is -0.342 e. The van der Waals surface area contributed by atoms with Gasteiger partial charge in [-0.15, -0.1) is 0 Å². The zero-order valence-electron chi connectivity index (χ0n) is 14.0. The van der Waals surface area contributed by atoms with Gasteiger partial charge in [0, 0.05) is 32.2 Å². The predicted molar refractivity (Wildman–Crippen MR) is 93.1 cm³/mol. The molecule has 0 spiro atoms. The molecule has 2 aliphatic heterocycles. The molecule has 2 saturated heterocycles. The molecule has 1 aromatic carbocycles. The first-order valence-corrected chi connectivity index (χ1v) is 9.00. The summed E-state index contributed by atoms with van der Waals surface area (Å²) < 4.78 is 0. The van der Waals surface area contributed by atoms with E-state index in [1.165, 1.54) is 5.56 Å². The maximum Gasteiger partial charge on any atom is 0.236 e. The molecule has 0 bridgehead atoms. The van der Waals surface area contributed by atoms with Crippen LogP contribution in [-0.2, 0) is 11.2 Å². The van der Waals surface area contributed by atoms with Gasteiger partial charge in [-0.3, -0.25) is 9.69 Å². The summed E-state index contributed by atoms with van der Waals surface area (Å²) >= 11 is 0. The molecule has 2 N–H and O–H groups in total. The quantitative estimate of drug-likeness (QED) is 0.923. The van der Waals surface area contributed by atoms with Gasteiger partial charge in [0.1, 0.15) is 0 Å². The molecule has 126 valence electrons. The van der Waals surface area contributed by atoms with Crippen molar-refractivity contribution in [3.63, 3.8) is 0 Å². The number of carbonyl (C=O) groups excluding carboxylic acids is 1. The van der Waals surface area contributed by atoms with Crippen LogP contribution in [0.3, 0.4) is 0 Å². The van der Waals surface area contributed by atoms with Crippen molar-refractivity contribution in [3.8, 4) is 0 Å². The van der Waals surface area contributed by atoms with Gasteiger partial charge in [-0.1, -0.05) is 30.3 Å². The van der Waals surface area contributed by atoms with Crippen molar-refractivity contribution in [3.05, 3.63) is 35.9 Å². The van der Waals surface area contributed by atoms with Crippen molar-refractivity contribution in [2.45, 2.75) is 38.1 Å². The van der Waals surface area contributed by atoms with Crippen LogP contribution < -0.4 is 5.73 Å². The third-order valence-electron chi connectivity index (χ3n) is 5.33. The van der Waals surface area contributed by atoms with Crippen LogP contribution in [0.1, 0.15) is 31.2 Å². The molecule has 0 atom stereocenters. The zero-order chi connectivity index (χ0) is 16.1. The summed E-state index contributed by atoms with van der Waals surface area (Å²) in [6.45, 7) is 4.36. The van der Waals surface area contributed by atoms with E-state index in [9.17, 15) is 4.79 Å². The largest absolute Gasteiger partial charge is 0.342 e. The van der Waals surface area contributed by atoms with Crippen molar-refractivity contribution in [2.75, 3.05) is 32.7 Å². The third-order valence-corrected chi connectivity index (χ3v) is 5.33. The Morgan fingerprint density at radius 3 is 2.30 bits per heavy atom. The van der Waals surface area contributed by atoms with Gasteiger partial charge in [0.25, 0.3) is 0 Å². The summed E-state index contributed by atoms with van der Waals surface area (Å²) in [7, 11) is 0. The summed E-state index contributed by atoms with van der Waals surface area (Å²) in [5, 5.41) is 0. The highest BCUT2D eigenvalue weighted by Crippen LogP contribution is 2.22. The fraction of sp³-hybridized carbons (Fsp3) is 0.632. The summed E-state index contributed by atoms with van der Waals surface area (Å²) in [5.41, 5.74) is 7.35. The van der Waals surface area contributed by atoms with Gasteiger partial charge in [0.2, 0.25) is 5.91 Å². The van der Waals surface area contributed by atoms with E-state index in [1.54, 1.807) is 0 Å². The first kappa shape index (κ1) is 16.5. The molecule has 2 aliphatic rings. The van der Waals surface area contributed by atoms with E-state index in [0.29, 0.717) is 18.5 Å². The number of nitrogens with zero attached hydrogens (tertiary/aromatic N) is 2. The lowest BCUT2D eigenvalue weighted by molar-refractivity contribution is -0.134. The molecule has 0 aromatic heterocycles. The van der Waals surface area contributed by atoms with Crippen molar-refractivity contribution < 1.29 is 4.79 Å². The van der Waals surface area contributed by atoms with Crippen molar-refractivity contribution in [1.82, 2.24) is 9.80 Å². The maximum absolute atomic E-state index is 12.5.